The Hall–Kier alpha value is -1.62. The van der Waals surface area contributed by atoms with Gasteiger partial charge in [0.2, 0.25) is 5.56 Å². The van der Waals surface area contributed by atoms with E-state index in [2.05, 4.69) is 4.98 Å². The number of aromatic nitrogens is 1. The lowest BCUT2D eigenvalue weighted by Crippen LogP contribution is -2.20. The maximum atomic E-state index is 10.7. The van der Waals surface area contributed by atoms with Gasteiger partial charge in [-0.1, -0.05) is 0 Å². The molecular weight excluding hydrogens is 148 g/mol. The molecule has 58 valence electrons. The van der Waals surface area contributed by atoms with E-state index in [0.29, 0.717) is 0 Å². The summed E-state index contributed by atoms with van der Waals surface area (Å²) in [6, 6.07) is 2.47. The van der Waals surface area contributed by atoms with Crippen molar-refractivity contribution in [2.45, 2.75) is 0 Å². The topological polar surface area (TPSA) is 82.2 Å². The number of amides is 1. The van der Waals surface area contributed by atoms with Crippen LogP contribution < -0.4 is 11.0 Å². The van der Waals surface area contributed by atoms with Crippen LogP contribution in [0, 0.1) is 0 Å². The van der Waals surface area contributed by atoms with Crippen molar-refractivity contribution < 1.29 is 10.0 Å². The quantitative estimate of drug-likeness (QED) is 0.376. The second-order valence-corrected chi connectivity index (χ2v) is 1.88. The summed E-state index contributed by atoms with van der Waals surface area (Å²) in [4.78, 5) is 23.6. The van der Waals surface area contributed by atoms with Crippen LogP contribution in [0.2, 0.25) is 0 Å². The Labute approximate surface area is 61.6 Å². The molecule has 1 aromatic rings. The number of carbonyl (C=O) groups is 1. The molecule has 0 radical (unpaired) electrons. The number of hydrogen-bond acceptors (Lipinski definition) is 3. The highest BCUT2D eigenvalue weighted by Gasteiger charge is 2.02. The van der Waals surface area contributed by atoms with Crippen molar-refractivity contribution in [3.63, 3.8) is 0 Å². The molecule has 0 atom stereocenters. The summed E-state index contributed by atoms with van der Waals surface area (Å²) >= 11 is 0. The number of H-pyrrole nitrogens is 1. The molecule has 1 rings (SSSR count). The van der Waals surface area contributed by atoms with Gasteiger partial charge in [0.05, 0.1) is 0 Å². The van der Waals surface area contributed by atoms with Crippen LogP contribution in [0.25, 0.3) is 0 Å². The second-order valence-electron chi connectivity index (χ2n) is 1.88. The van der Waals surface area contributed by atoms with Crippen LogP contribution in [-0.2, 0) is 0 Å². The van der Waals surface area contributed by atoms with E-state index in [-0.39, 0.29) is 11.1 Å². The summed E-state index contributed by atoms with van der Waals surface area (Å²) in [7, 11) is 0. The Bertz CT molecular complexity index is 318. The molecule has 0 aromatic carbocycles. The summed E-state index contributed by atoms with van der Waals surface area (Å²) in [5, 5.41) is 8.17. The minimum Gasteiger partial charge on any atom is -0.329 e. The average Bonchev–Trinajstić information content (AvgIpc) is 2.03. The molecule has 1 aromatic heterocycles. The number of rotatable bonds is 1. The van der Waals surface area contributed by atoms with E-state index in [1.807, 2.05) is 0 Å². The van der Waals surface area contributed by atoms with Crippen molar-refractivity contribution >= 4 is 5.91 Å². The van der Waals surface area contributed by atoms with Crippen LogP contribution >= 0.6 is 0 Å². The Morgan fingerprint density at radius 1 is 1.64 bits per heavy atom. The summed E-state index contributed by atoms with van der Waals surface area (Å²) < 4.78 is 0. The molecule has 0 saturated heterocycles. The zero-order valence-electron chi connectivity index (χ0n) is 5.50. The lowest BCUT2D eigenvalue weighted by molar-refractivity contribution is 0.0706. The molecule has 0 unspecified atom stereocenters. The van der Waals surface area contributed by atoms with Gasteiger partial charge >= 0.3 is 0 Å². The summed E-state index contributed by atoms with van der Waals surface area (Å²) in [5.74, 6) is -0.698. The van der Waals surface area contributed by atoms with Crippen LogP contribution in [0.3, 0.4) is 0 Å². The van der Waals surface area contributed by atoms with E-state index in [1.54, 1.807) is 0 Å². The Kier molecular flexibility index (Phi) is 2.03. The molecule has 1 amide bonds. The molecule has 0 aliphatic heterocycles. The first-order chi connectivity index (χ1) is 5.24. The molecule has 5 nitrogen and oxygen atoms in total. The lowest BCUT2D eigenvalue weighted by atomic mass is 10.2. The largest absolute Gasteiger partial charge is 0.329 e. The zero-order chi connectivity index (χ0) is 8.27. The molecule has 0 fully saturated rings. The average molecular weight is 154 g/mol. The number of aromatic amines is 1. The van der Waals surface area contributed by atoms with E-state index in [0.717, 1.165) is 6.07 Å². The molecule has 0 spiro atoms. The monoisotopic (exact) mass is 154 g/mol. The third kappa shape index (κ3) is 1.65. The predicted molar refractivity (Wildman–Crippen MR) is 36.3 cm³/mol. The fourth-order valence-electron chi connectivity index (χ4n) is 0.650. The van der Waals surface area contributed by atoms with Crippen LogP contribution in [0.15, 0.2) is 23.1 Å². The zero-order valence-corrected chi connectivity index (χ0v) is 5.50. The fourth-order valence-corrected chi connectivity index (χ4v) is 0.650. The number of carbonyl (C=O) groups excluding carboxylic acids is 1. The third-order valence-corrected chi connectivity index (χ3v) is 1.14. The minimum absolute atomic E-state index is 0.122. The number of nitrogens with one attached hydrogen (secondary N) is 2. The van der Waals surface area contributed by atoms with Gasteiger partial charge in [0.25, 0.3) is 5.91 Å². The SMILES string of the molecule is O=C(NO)c1cc[nH]c(=O)c1. The molecule has 11 heavy (non-hydrogen) atoms. The second kappa shape index (κ2) is 2.98. The van der Waals surface area contributed by atoms with Gasteiger partial charge in [-0.15, -0.1) is 0 Å². The molecule has 3 N–H and O–H groups in total. The van der Waals surface area contributed by atoms with Gasteiger partial charge in [-0.05, 0) is 6.07 Å². The molecule has 0 aliphatic rings. The summed E-state index contributed by atoms with van der Waals surface area (Å²) in [6.07, 6.45) is 1.33. The Morgan fingerprint density at radius 3 is 2.91 bits per heavy atom. The Balaban J connectivity index is 3.05. The summed E-state index contributed by atoms with van der Waals surface area (Å²) in [5.41, 5.74) is 1.16. The van der Waals surface area contributed by atoms with Crippen molar-refractivity contribution in [2.75, 3.05) is 0 Å². The standard InChI is InChI=1S/C6H6N2O3/c9-5-3-4(1-2-7-5)6(10)8-11/h1-3,11H,(H,7,9)(H,8,10). The van der Waals surface area contributed by atoms with Gasteiger partial charge in [0.15, 0.2) is 0 Å². The number of hydrogen-bond donors (Lipinski definition) is 3. The van der Waals surface area contributed by atoms with Crippen LogP contribution in [-0.4, -0.2) is 16.1 Å². The first-order valence-electron chi connectivity index (χ1n) is 2.87. The van der Waals surface area contributed by atoms with E-state index in [9.17, 15) is 9.59 Å². The highest BCUT2D eigenvalue weighted by atomic mass is 16.5. The smallest absolute Gasteiger partial charge is 0.274 e. The van der Waals surface area contributed by atoms with Crippen molar-refractivity contribution in [1.82, 2.24) is 10.5 Å². The van der Waals surface area contributed by atoms with Crippen molar-refractivity contribution in [1.29, 1.82) is 0 Å². The van der Waals surface area contributed by atoms with Gasteiger partial charge in [-0.2, -0.15) is 0 Å². The van der Waals surface area contributed by atoms with E-state index < -0.39 is 5.91 Å². The van der Waals surface area contributed by atoms with Crippen LogP contribution in [0.1, 0.15) is 10.4 Å². The molecule has 0 aliphatic carbocycles. The van der Waals surface area contributed by atoms with Gasteiger partial charge < -0.3 is 4.98 Å². The van der Waals surface area contributed by atoms with Crippen LogP contribution in [0.4, 0.5) is 0 Å². The van der Waals surface area contributed by atoms with E-state index >= 15 is 0 Å². The van der Waals surface area contributed by atoms with Crippen molar-refractivity contribution in [2.24, 2.45) is 0 Å². The fraction of sp³-hybridized carbons (Fsp3) is 0. The normalized spacial score (nSPS) is 9.18. The van der Waals surface area contributed by atoms with Crippen molar-refractivity contribution in [3.8, 4) is 0 Å². The third-order valence-electron chi connectivity index (χ3n) is 1.14. The molecule has 5 heteroatoms. The molecule has 0 saturated carbocycles. The van der Waals surface area contributed by atoms with Crippen molar-refractivity contribution in [3.05, 3.63) is 34.2 Å². The highest BCUT2D eigenvalue weighted by molar-refractivity contribution is 5.93. The number of pyridine rings is 1. The predicted octanol–water partition coefficient (Wildman–Crippen LogP) is -0.506. The molecule has 0 bridgehead atoms. The minimum atomic E-state index is -0.698. The van der Waals surface area contributed by atoms with Gasteiger partial charge in [0.1, 0.15) is 0 Å². The van der Waals surface area contributed by atoms with Gasteiger partial charge in [-0.25, -0.2) is 5.48 Å². The Morgan fingerprint density at radius 2 is 2.36 bits per heavy atom. The molecular formula is C6H6N2O3. The number of hydroxylamine groups is 1. The van der Waals surface area contributed by atoms with E-state index in [4.69, 9.17) is 5.21 Å². The highest BCUT2D eigenvalue weighted by Crippen LogP contribution is 1.90. The first kappa shape index (κ1) is 7.49. The summed E-state index contributed by atoms with van der Waals surface area (Å²) in [6.45, 7) is 0. The maximum absolute atomic E-state index is 10.7. The van der Waals surface area contributed by atoms with Crippen LogP contribution in [0.5, 0.6) is 0 Å². The van der Waals surface area contributed by atoms with E-state index in [1.165, 1.54) is 17.7 Å². The maximum Gasteiger partial charge on any atom is 0.274 e. The van der Waals surface area contributed by atoms with Gasteiger partial charge in [0, 0.05) is 17.8 Å². The lowest BCUT2D eigenvalue weighted by Gasteiger charge is -1.94. The first-order valence-corrected chi connectivity index (χ1v) is 2.87. The molecule has 1 heterocycles. The van der Waals surface area contributed by atoms with Gasteiger partial charge in [-0.3, -0.25) is 14.8 Å².